The van der Waals surface area contributed by atoms with Crippen LogP contribution >= 0.6 is 0 Å². The summed E-state index contributed by atoms with van der Waals surface area (Å²) in [6.07, 6.45) is -4.29. The van der Waals surface area contributed by atoms with E-state index in [4.69, 9.17) is 10.00 Å². The standard InChI is InChI=1S/C24H27F3N4O3/c1-3-34-21-11-9-20(10-12-21)31(14-4-13-28)22(32)16-30(2)15-18-5-7-19(8-6-18)23(33)29-17-24(25,26)27/h5-12H,3-4,14-17H2,1-2H3,(H,29,33). The highest BCUT2D eigenvalue weighted by Crippen LogP contribution is 2.20. The average Bonchev–Trinajstić information content (AvgIpc) is 2.79. The first-order valence-electron chi connectivity index (χ1n) is 10.7. The van der Waals surface area contributed by atoms with E-state index in [9.17, 15) is 22.8 Å². The second-order valence-corrected chi connectivity index (χ2v) is 7.55. The van der Waals surface area contributed by atoms with Gasteiger partial charge in [0.1, 0.15) is 12.3 Å². The third-order valence-corrected chi connectivity index (χ3v) is 4.73. The average molecular weight is 476 g/mol. The van der Waals surface area contributed by atoms with Gasteiger partial charge in [-0.1, -0.05) is 12.1 Å². The van der Waals surface area contributed by atoms with Crippen molar-refractivity contribution in [3.63, 3.8) is 0 Å². The van der Waals surface area contributed by atoms with Gasteiger partial charge >= 0.3 is 6.18 Å². The number of alkyl halides is 3. The predicted molar refractivity (Wildman–Crippen MR) is 121 cm³/mol. The van der Waals surface area contributed by atoms with Gasteiger partial charge in [-0.15, -0.1) is 0 Å². The van der Waals surface area contributed by atoms with Crippen molar-refractivity contribution in [1.29, 1.82) is 5.26 Å². The fourth-order valence-corrected chi connectivity index (χ4v) is 3.18. The molecule has 0 heterocycles. The molecule has 7 nitrogen and oxygen atoms in total. The number of carbonyl (C=O) groups excluding carboxylic acids is 2. The molecule has 2 aromatic carbocycles. The number of benzene rings is 2. The zero-order chi connectivity index (χ0) is 25.1. The van der Waals surface area contributed by atoms with Crippen molar-refractivity contribution < 1.29 is 27.5 Å². The Morgan fingerprint density at radius 2 is 1.74 bits per heavy atom. The fraction of sp³-hybridized carbons (Fsp3) is 0.375. The highest BCUT2D eigenvalue weighted by molar-refractivity contribution is 5.95. The first kappa shape index (κ1) is 26.7. The van der Waals surface area contributed by atoms with E-state index >= 15 is 0 Å². The smallest absolute Gasteiger partial charge is 0.405 e. The Hall–Kier alpha value is -3.58. The predicted octanol–water partition coefficient (Wildman–Crippen LogP) is 3.76. The second-order valence-electron chi connectivity index (χ2n) is 7.55. The van der Waals surface area contributed by atoms with Crippen LogP contribution in [0.4, 0.5) is 18.9 Å². The Bertz CT molecular complexity index is 987. The molecule has 0 saturated carbocycles. The van der Waals surface area contributed by atoms with Crippen LogP contribution in [-0.4, -0.2) is 56.2 Å². The van der Waals surface area contributed by atoms with Gasteiger partial charge in [-0.05, 0) is 55.9 Å². The zero-order valence-electron chi connectivity index (χ0n) is 19.1. The van der Waals surface area contributed by atoms with E-state index in [0.717, 1.165) is 5.56 Å². The summed E-state index contributed by atoms with van der Waals surface area (Å²) >= 11 is 0. The van der Waals surface area contributed by atoms with Gasteiger partial charge in [-0.25, -0.2) is 0 Å². The first-order chi connectivity index (χ1) is 16.1. The quantitative estimate of drug-likeness (QED) is 0.534. The number of hydrogen-bond donors (Lipinski definition) is 1. The zero-order valence-corrected chi connectivity index (χ0v) is 19.1. The third kappa shape index (κ3) is 8.75. The Morgan fingerprint density at radius 3 is 2.29 bits per heavy atom. The van der Waals surface area contributed by atoms with Crippen LogP contribution in [0.1, 0.15) is 29.3 Å². The number of halogens is 3. The number of amides is 2. The normalized spacial score (nSPS) is 11.1. The lowest BCUT2D eigenvalue weighted by Gasteiger charge is -2.25. The number of anilines is 1. The summed E-state index contributed by atoms with van der Waals surface area (Å²) in [4.78, 5) is 28.1. The van der Waals surface area contributed by atoms with Crippen molar-refractivity contribution in [3.8, 4) is 11.8 Å². The summed E-state index contributed by atoms with van der Waals surface area (Å²) in [6, 6.07) is 15.3. The third-order valence-electron chi connectivity index (χ3n) is 4.73. The molecular formula is C24H27F3N4O3. The summed E-state index contributed by atoms with van der Waals surface area (Å²) in [5.41, 5.74) is 1.56. The Kier molecular flexibility index (Phi) is 9.89. The fourth-order valence-electron chi connectivity index (χ4n) is 3.18. The van der Waals surface area contributed by atoms with Gasteiger partial charge in [-0.2, -0.15) is 18.4 Å². The van der Waals surface area contributed by atoms with Crippen LogP contribution < -0.4 is 15.0 Å². The van der Waals surface area contributed by atoms with Crippen LogP contribution in [0.5, 0.6) is 5.75 Å². The number of rotatable bonds is 11. The molecule has 0 saturated heterocycles. The number of nitriles is 1. The monoisotopic (exact) mass is 476 g/mol. The van der Waals surface area contributed by atoms with E-state index in [-0.39, 0.29) is 31.0 Å². The lowest BCUT2D eigenvalue weighted by atomic mass is 10.1. The highest BCUT2D eigenvalue weighted by Gasteiger charge is 2.27. The molecule has 2 rings (SSSR count). The molecule has 0 aliphatic carbocycles. The molecule has 0 fully saturated rings. The maximum atomic E-state index is 13.0. The van der Waals surface area contributed by atoms with Crippen molar-refractivity contribution in [3.05, 3.63) is 59.7 Å². The largest absolute Gasteiger partial charge is 0.494 e. The summed E-state index contributed by atoms with van der Waals surface area (Å²) in [5.74, 6) is -0.312. The highest BCUT2D eigenvalue weighted by atomic mass is 19.4. The van der Waals surface area contributed by atoms with Gasteiger partial charge in [0.15, 0.2) is 0 Å². The minimum atomic E-state index is -4.47. The van der Waals surface area contributed by atoms with Gasteiger partial charge in [0.25, 0.3) is 5.91 Å². The molecule has 182 valence electrons. The van der Waals surface area contributed by atoms with Gasteiger partial charge in [0.2, 0.25) is 5.91 Å². The summed E-state index contributed by atoms with van der Waals surface area (Å²) < 4.78 is 42.2. The van der Waals surface area contributed by atoms with Crippen LogP contribution in [0.15, 0.2) is 48.5 Å². The number of carbonyl (C=O) groups is 2. The summed E-state index contributed by atoms with van der Waals surface area (Å²) in [6.45, 7) is 1.72. The molecule has 2 amide bonds. The maximum absolute atomic E-state index is 13.0. The molecule has 2 aromatic rings. The van der Waals surface area contributed by atoms with Crippen LogP contribution in [0.2, 0.25) is 0 Å². The number of likely N-dealkylation sites (N-methyl/N-ethyl adjacent to an activating group) is 1. The lowest BCUT2D eigenvalue weighted by molar-refractivity contribution is -0.123. The van der Waals surface area contributed by atoms with E-state index < -0.39 is 18.6 Å². The SMILES string of the molecule is CCOc1ccc(N(CCC#N)C(=O)CN(C)Cc2ccc(C(=O)NCC(F)(F)F)cc2)cc1. The van der Waals surface area contributed by atoms with E-state index in [2.05, 4.69) is 6.07 Å². The minimum Gasteiger partial charge on any atom is -0.494 e. The van der Waals surface area contributed by atoms with Crippen LogP contribution in [-0.2, 0) is 11.3 Å². The van der Waals surface area contributed by atoms with Crippen LogP contribution in [0.3, 0.4) is 0 Å². The number of nitrogens with zero attached hydrogens (tertiary/aromatic N) is 3. The lowest BCUT2D eigenvalue weighted by Crippen LogP contribution is -2.39. The van der Waals surface area contributed by atoms with E-state index in [0.29, 0.717) is 24.6 Å². The maximum Gasteiger partial charge on any atom is 0.405 e. The Balaban J connectivity index is 1.98. The Labute approximate surface area is 196 Å². The van der Waals surface area contributed by atoms with Gasteiger partial charge in [-0.3, -0.25) is 14.5 Å². The molecule has 10 heteroatoms. The van der Waals surface area contributed by atoms with Crippen molar-refractivity contribution in [2.75, 3.05) is 38.2 Å². The minimum absolute atomic E-state index is 0.0759. The van der Waals surface area contributed by atoms with Gasteiger partial charge < -0.3 is 15.0 Å². The molecule has 0 atom stereocenters. The number of ether oxygens (including phenoxy) is 1. The van der Waals surface area contributed by atoms with Crippen molar-refractivity contribution in [2.24, 2.45) is 0 Å². The van der Waals surface area contributed by atoms with E-state index in [1.54, 1.807) is 53.2 Å². The molecule has 0 radical (unpaired) electrons. The number of hydrogen-bond acceptors (Lipinski definition) is 5. The first-order valence-corrected chi connectivity index (χ1v) is 10.7. The number of nitrogens with one attached hydrogen (secondary N) is 1. The summed E-state index contributed by atoms with van der Waals surface area (Å²) in [7, 11) is 1.75. The van der Waals surface area contributed by atoms with Crippen molar-refractivity contribution in [2.45, 2.75) is 26.1 Å². The molecule has 0 aromatic heterocycles. The van der Waals surface area contributed by atoms with Crippen molar-refractivity contribution >= 4 is 17.5 Å². The molecule has 0 aliphatic rings. The molecule has 0 bridgehead atoms. The molecule has 34 heavy (non-hydrogen) atoms. The summed E-state index contributed by atoms with van der Waals surface area (Å²) in [5, 5.41) is 10.8. The molecule has 0 aliphatic heterocycles. The van der Waals surface area contributed by atoms with Crippen LogP contribution in [0, 0.1) is 11.3 Å². The molecule has 1 N–H and O–H groups in total. The molecule has 0 spiro atoms. The second kappa shape index (κ2) is 12.6. The molecular weight excluding hydrogens is 449 g/mol. The van der Waals surface area contributed by atoms with Crippen molar-refractivity contribution in [1.82, 2.24) is 10.2 Å². The van der Waals surface area contributed by atoms with E-state index in [1.807, 2.05) is 12.2 Å². The van der Waals surface area contributed by atoms with E-state index in [1.165, 1.54) is 12.1 Å². The van der Waals surface area contributed by atoms with Gasteiger partial charge in [0.05, 0.1) is 25.6 Å². The van der Waals surface area contributed by atoms with Gasteiger partial charge in [0, 0.05) is 24.3 Å². The topological polar surface area (TPSA) is 85.7 Å². The molecule has 0 unspecified atom stereocenters. The Morgan fingerprint density at radius 1 is 1.09 bits per heavy atom. The van der Waals surface area contributed by atoms with Crippen LogP contribution in [0.25, 0.3) is 0 Å².